The van der Waals surface area contributed by atoms with Crippen LogP contribution in [0.4, 0.5) is 5.82 Å². The second kappa shape index (κ2) is 6.80. The molecule has 0 N–H and O–H groups in total. The fraction of sp³-hybridized carbons (Fsp3) is 0.444. The average Bonchev–Trinajstić information content (AvgIpc) is 3.30. The first-order valence-corrected chi connectivity index (χ1v) is 9.88. The molecule has 1 atom stereocenters. The highest BCUT2D eigenvalue weighted by atomic mass is 32.1. The number of rotatable bonds is 5. The molecule has 1 aliphatic rings. The lowest BCUT2D eigenvalue weighted by Crippen LogP contribution is -2.40. The summed E-state index contributed by atoms with van der Waals surface area (Å²) in [6, 6.07) is 0.299. The Balaban J connectivity index is 1.79. The van der Waals surface area contributed by atoms with Crippen LogP contribution in [0.15, 0.2) is 17.8 Å². The van der Waals surface area contributed by atoms with Gasteiger partial charge in [0, 0.05) is 17.6 Å². The van der Waals surface area contributed by atoms with Crippen LogP contribution in [0.5, 0.6) is 0 Å². The smallest absolute Gasteiger partial charge is 0.198 e. The van der Waals surface area contributed by atoms with E-state index < -0.39 is 0 Å². The van der Waals surface area contributed by atoms with Crippen molar-refractivity contribution in [3.63, 3.8) is 0 Å². The van der Waals surface area contributed by atoms with Crippen LogP contribution in [-0.4, -0.2) is 41.5 Å². The van der Waals surface area contributed by atoms with Gasteiger partial charge in [-0.1, -0.05) is 6.92 Å². The summed E-state index contributed by atoms with van der Waals surface area (Å²) in [5, 5.41) is 10.9. The molecule has 9 heteroatoms. The Morgan fingerprint density at radius 3 is 2.78 bits per heavy atom. The molecule has 0 aliphatic carbocycles. The van der Waals surface area contributed by atoms with Gasteiger partial charge in [0.25, 0.3) is 0 Å². The first-order chi connectivity index (χ1) is 13.0. The monoisotopic (exact) mass is 383 g/mol. The van der Waals surface area contributed by atoms with E-state index in [4.69, 9.17) is 4.98 Å². The van der Waals surface area contributed by atoms with E-state index in [1.54, 1.807) is 17.8 Å². The summed E-state index contributed by atoms with van der Waals surface area (Å²) < 4.78 is 2.02. The van der Waals surface area contributed by atoms with Crippen molar-refractivity contribution in [3.8, 4) is 5.69 Å². The summed E-state index contributed by atoms with van der Waals surface area (Å²) in [7, 11) is 0. The Kier molecular flexibility index (Phi) is 4.47. The minimum atomic E-state index is -0.0648. The van der Waals surface area contributed by atoms with E-state index >= 15 is 0 Å². The van der Waals surface area contributed by atoms with E-state index in [-0.39, 0.29) is 24.3 Å². The molecule has 0 amide bonds. The number of aromatic nitrogens is 6. The Morgan fingerprint density at radius 2 is 2.11 bits per heavy atom. The SMILES string of the molecule is CC[C@@H]1c2nnc(C)n2-c2cnc(CC(=O)c3nccs3)nc2N1C(C)C. The maximum absolute atomic E-state index is 12.4. The molecule has 1 aliphatic heterocycles. The van der Waals surface area contributed by atoms with Gasteiger partial charge in [0.2, 0.25) is 0 Å². The summed E-state index contributed by atoms with van der Waals surface area (Å²) in [5.41, 5.74) is 0.858. The molecule has 0 saturated carbocycles. The molecular formula is C18H21N7OS. The molecule has 4 rings (SSSR count). The van der Waals surface area contributed by atoms with Crippen molar-refractivity contribution < 1.29 is 4.79 Å². The third kappa shape index (κ3) is 2.91. The van der Waals surface area contributed by atoms with Crippen molar-refractivity contribution in [1.29, 1.82) is 0 Å². The van der Waals surface area contributed by atoms with Crippen molar-refractivity contribution in [1.82, 2.24) is 29.7 Å². The van der Waals surface area contributed by atoms with E-state index in [2.05, 4.69) is 45.8 Å². The van der Waals surface area contributed by atoms with Gasteiger partial charge in [0.15, 0.2) is 22.4 Å². The predicted molar refractivity (Wildman–Crippen MR) is 102 cm³/mol. The molecule has 0 saturated heterocycles. The molecule has 0 aromatic carbocycles. The zero-order valence-electron chi connectivity index (χ0n) is 15.7. The number of hydrogen-bond acceptors (Lipinski definition) is 8. The molecule has 27 heavy (non-hydrogen) atoms. The Bertz CT molecular complexity index is 980. The molecule has 4 heterocycles. The number of anilines is 1. The Morgan fingerprint density at radius 1 is 1.30 bits per heavy atom. The predicted octanol–water partition coefficient (Wildman–Crippen LogP) is 2.93. The summed E-state index contributed by atoms with van der Waals surface area (Å²) >= 11 is 1.34. The standard InChI is InChI=1S/C18H21N7OS/c1-5-12-17-23-22-11(4)25(17)13-9-20-15(21-16(13)24(12)10(2)3)8-14(26)18-19-6-7-27-18/h6-7,9-10,12H,5,8H2,1-4H3/t12-/m1/s1. The van der Waals surface area contributed by atoms with Gasteiger partial charge in [-0.3, -0.25) is 9.36 Å². The molecule has 3 aromatic heterocycles. The van der Waals surface area contributed by atoms with Gasteiger partial charge in [-0.25, -0.2) is 15.0 Å². The third-order valence-corrected chi connectivity index (χ3v) is 5.52. The summed E-state index contributed by atoms with van der Waals surface area (Å²) in [5.74, 6) is 2.98. The first kappa shape index (κ1) is 17.7. The number of fused-ring (bicyclic) bond motifs is 3. The molecule has 0 radical (unpaired) electrons. The van der Waals surface area contributed by atoms with Crippen LogP contribution in [-0.2, 0) is 6.42 Å². The van der Waals surface area contributed by atoms with E-state index in [1.807, 2.05) is 11.5 Å². The zero-order chi connectivity index (χ0) is 19.1. The minimum absolute atomic E-state index is 0.0648. The van der Waals surface area contributed by atoms with Crippen LogP contribution in [0.25, 0.3) is 5.69 Å². The van der Waals surface area contributed by atoms with Crippen LogP contribution in [0.2, 0.25) is 0 Å². The first-order valence-electron chi connectivity index (χ1n) is 9.00. The topological polar surface area (TPSA) is 89.7 Å². The van der Waals surface area contributed by atoms with Crippen LogP contribution in [0, 0.1) is 6.92 Å². The number of nitrogens with zero attached hydrogens (tertiary/aromatic N) is 7. The molecule has 8 nitrogen and oxygen atoms in total. The van der Waals surface area contributed by atoms with E-state index in [0.29, 0.717) is 10.8 Å². The van der Waals surface area contributed by atoms with Crippen LogP contribution < -0.4 is 4.90 Å². The third-order valence-electron chi connectivity index (χ3n) is 4.70. The summed E-state index contributed by atoms with van der Waals surface area (Å²) in [6.07, 6.45) is 4.42. The minimum Gasteiger partial charge on any atom is -0.342 e. The second-order valence-electron chi connectivity index (χ2n) is 6.80. The summed E-state index contributed by atoms with van der Waals surface area (Å²) in [4.78, 5) is 28.0. The maximum Gasteiger partial charge on any atom is 0.198 e. The largest absolute Gasteiger partial charge is 0.342 e. The molecular weight excluding hydrogens is 362 g/mol. The molecule has 0 fully saturated rings. The fourth-order valence-corrected chi connectivity index (χ4v) is 4.14. The van der Waals surface area contributed by atoms with Gasteiger partial charge in [-0.15, -0.1) is 21.5 Å². The van der Waals surface area contributed by atoms with Crippen molar-refractivity contribution in [2.24, 2.45) is 0 Å². The van der Waals surface area contributed by atoms with Crippen LogP contribution in [0.1, 0.15) is 60.5 Å². The number of hydrogen-bond donors (Lipinski definition) is 0. The molecule has 0 spiro atoms. The average molecular weight is 383 g/mol. The number of aryl methyl sites for hydroxylation is 1. The lowest BCUT2D eigenvalue weighted by molar-refractivity contribution is 0.0990. The normalized spacial score (nSPS) is 15.7. The second-order valence-corrected chi connectivity index (χ2v) is 7.69. The van der Waals surface area contributed by atoms with E-state index in [1.165, 1.54) is 11.3 Å². The maximum atomic E-state index is 12.4. The zero-order valence-corrected chi connectivity index (χ0v) is 16.6. The molecule has 0 bridgehead atoms. The van der Waals surface area contributed by atoms with Gasteiger partial charge in [0.05, 0.1) is 18.7 Å². The van der Waals surface area contributed by atoms with E-state index in [0.717, 1.165) is 29.6 Å². The quantitative estimate of drug-likeness (QED) is 0.626. The Hall–Kier alpha value is -2.68. The number of carbonyl (C=O) groups is 1. The van der Waals surface area contributed by atoms with Gasteiger partial charge in [0.1, 0.15) is 17.3 Å². The van der Waals surface area contributed by atoms with Crippen LogP contribution in [0.3, 0.4) is 0 Å². The number of Topliss-reactive ketones (excluding diaryl/α,β-unsaturated/α-hetero) is 1. The van der Waals surface area contributed by atoms with Gasteiger partial charge >= 0.3 is 0 Å². The number of ketones is 1. The van der Waals surface area contributed by atoms with Crippen LogP contribution >= 0.6 is 11.3 Å². The number of carbonyl (C=O) groups excluding carboxylic acids is 1. The van der Waals surface area contributed by atoms with Gasteiger partial charge in [-0.05, 0) is 27.2 Å². The fourth-order valence-electron chi connectivity index (χ4n) is 3.56. The van der Waals surface area contributed by atoms with E-state index in [9.17, 15) is 4.79 Å². The highest BCUT2D eigenvalue weighted by Crippen LogP contribution is 2.39. The summed E-state index contributed by atoms with van der Waals surface area (Å²) in [6.45, 7) is 8.33. The molecule has 3 aromatic rings. The van der Waals surface area contributed by atoms with Crippen molar-refractivity contribution >= 4 is 22.9 Å². The van der Waals surface area contributed by atoms with Gasteiger partial charge < -0.3 is 4.90 Å². The molecule has 0 unspecified atom stereocenters. The molecule has 140 valence electrons. The highest BCUT2D eigenvalue weighted by molar-refractivity contribution is 7.11. The van der Waals surface area contributed by atoms with Crippen molar-refractivity contribution in [3.05, 3.63) is 40.3 Å². The lowest BCUT2D eigenvalue weighted by Gasteiger charge is -2.39. The number of thiazole rings is 1. The highest BCUT2D eigenvalue weighted by Gasteiger charge is 2.36. The Labute approximate surface area is 161 Å². The van der Waals surface area contributed by atoms with Crippen molar-refractivity contribution in [2.75, 3.05) is 4.90 Å². The van der Waals surface area contributed by atoms with Crippen molar-refractivity contribution in [2.45, 2.75) is 52.6 Å². The lowest BCUT2D eigenvalue weighted by atomic mass is 10.1. The van der Waals surface area contributed by atoms with Gasteiger partial charge in [-0.2, -0.15) is 0 Å².